The summed E-state index contributed by atoms with van der Waals surface area (Å²) in [5, 5.41) is 3.80. The molecule has 0 atom stereocenters. The van der Waals surface area contributed by atoms with E-state index in [-0.39, 0.29) is 17.0 Å². The van der Waals surface area contributed by atoms with E-state index in [1.165, 1.54) is 6.07 Å². The maximum absolute atomic E-state index is 12.2. The molecule has 1 amide bonds. The zero-order valence-corrected chi connectivity index (χ0v) is 13.4. The number of hydrogen-bond acceptors (Lipinski definition) is 4. The van der Waals surface area contributed by atoms with Crippen LogP contribution in [0.15, 0.2) is 29.1 Å². The molecule has 0 aliphatic carbocycles. The molecule has 1 aromatic heterocycles. The summed E-state index contributed by atoms with van der Waals surface area (Å²) in [5.74, 6) is -0.285. The zero-order chi connectivity index (χ0) is 16.2. The molecule has 1 aromatic carbocycles. The van der Waals surface area contributed by atoms with Crippen molar-refractivity contribution in [3.05, 3.63) is 45.2 Å². The van der Waals surface area contributed by atoms with Crippen molar-refractivity contribution in [1.82, 2.24) is 15.2 Å². The predicted octanol–water partition coefficient (Wildman–Crippen LogP) is 1.24. The number of amides is 1. The highest BCUT2D eigenvalue weighted by molar-refractivity contribution is 6.31. The van der Waals surface area contributed by atoms with E-state index in [0.29, 0.717) is 22.5 Å². The molecular formula is C16H18ClN3O3. The Labute approximate surface area is 138 Å². The van der Waals surface area contributed by atoms with Crippen LogP contribution in [0, 0.1) is 0 Å². The van der Waals surface area contributed by atoms with Crippen molar-refractivity contribution >= 4 is 28.4 Å². The van der Waals surface area contributed by atoms with Gasteiger partial charge in [0.2, 0.25) is 0 Å². The number of nitrogens with one attached hydrogen (secondary N) is 2. The first kappa shape index (κ1) is 16.0. The van der Waals surface area contributed by atoms with E-state index in [4.69, 9.17) is 16.3 Å². The van der Waals surface area contributed by atoms with Gasteiger partial charge in [0.25, 0.3) is 5.91 Å². The molecule has 2 N–H and O–H groups in total. The molecule has 1 aliphatic rings. The van der Waals surface area contributed by atoms with Crippen LogP contribution in [0.2, 0.25) is 5.02 Å². The largest absolute Gasteiger partial charge is 0.379 e. The van der Waals surface area contributed by atoms with E-state index in [1.807, 2.05) is 0 Å². The lowest BCUT2D eigenvalue weighted by molar-refractivity contribution is 0.0383. The maximum Gasteiger partial charge on any atom is 0.267 e. The molecule has 0 bridgehead atoms. The summed E-state index contributed by atoms with van der Waals surface area (Å²) in [5.41, 5.74) is 0.631. The third kappa shape index (κ3) is 3.90. The van der Waals surface area contributed by atoms with Gasteiger partial charge >= 0.3 is 0 Å². The van der Waals surface area contributed by atoms with Gasteiger partial charge in [-0.1, -0.05) is 11.6 Å². The van der Waals surface area contributed by atoms with Crippen molar-refractivity contribution in [3.8, 4) is 0 Å². The van der Waals surface area contributed by atoms with Crippen molar-refractivity contribution < 1.29 is 9.53 Å². The minimum atomic E-state index is -0.285. The Morgan fingerprint density at radius 1 is 1.30 bits per heavy atom. The number of rotatable bonds is 4. The van der Waals surface area contributed by atoms with Crippen molar-refractivity contribution in [2.75, 3.05) is 39.4 Å². The highest BCUT2D eigenvalue weighted by Gasteiger charge is 2.12. The van der Waals surface area contributed by atoms with E-state index < -0.39 is 0 Å². The Hall–Kier alpha value is -1.89. The molecule has 0 spiro atoms. The van der Waals surface area contributed by atoms with Gasteiger partial charge in [-0.25, -0.2) is 0 Å². The summed E-state index contributed by atoms with van der Waals surface area (Å²) in [7, 11) is 0. The molecule has 2 aromatic rings. The topological polar surface area (TPSA) is 74.4 Å². The Morgan fingerprint density at radius 2 is 2.09 bits per heavy atom. The Bertz CT molecular complexity index is 769. The van der Waals surface area contributed by atoms with Crippen molar-refractivity contribution in [2.24, 2.45) is 0 Å². The average Bonchev–Trinajstić information content (AvgIpc) is 2.56. The summed E-state index contributed by atoms with van der Waals surface area (Å²) in [6, 6.07) is 6.28. The molecule has 6 nitrogen and oxygen atoms in total. The van der Waals surface area contributed by atoms with Crippen LogP contribution in [0.5, 0.6) is 0 Å². The number of carbonyl (C=O) groups is 1. The first-order valence-corrected chi connectivity index (χ1v) is 7.92. The fraction of sp³-hybridized carbons (Fsp3) is 0.375. The molecule has 0 radical (unpaired) electrons. The number of nitrogens with zero attached hydrogens (tertiary/aromatic N) is 1. The van der Waals surface area contributed by atoms with Crippen LogP contribution in [0.25, 0.3) is 10.9 Å². The number of aromatic nitrogens is 1. The molecule has 23 heavy (non-hydrogen) atoms. The van der Waals surface area contributed by atoms with E-state index in [2.05, 4.69) is 15.2 Å². The number of pyridine rings is 1. The second kappa shape index (κ2) is 7.12. The van der Waals surface area contributed by atoms with Crippen LogP contribution < -0.4 is 10.7 Å². The summed E-state index contributed by atoms with van der Waals surface area (Å²) in [6.07, 6.45) is 0. The van der Waals surface area contributed by atoms with Gasteiger partial charge in [-0.2, -0.15) is 0 Å². The lowest BCUT2D eigenvalue weighted by Crippen LogP contribution is -2.41. The monoisotopic (exact) mass is 335 g/mol. The number of ether oxygens (including phenoxy) is 1. The van der Waals surface area contributed by atoms with Crippen molar-refractivity contribution in [1.29, 1.82) is 0 Å². The van der Waals surface area contributed by atoms with Crippen LogP contribution in [0.4, 0.5) is 0 Å². The lowest BCUT2D eigenvalue weighted by atomic mass is 10.2. The van der Waals surface area contributed by atoms with Gasteiger partial charge in [0.15, 0.2) is 5.43 Å². The fourth-order valence-electron chi connectivity index (χ4n) is 2.59. The number of benzene rings is 1. The molecule has 0 unspecified atom stereocenters. The zero-order valence-electron chi connectivity index (χ0n) is 12.6. The number of halogens is 1. The SMILES string of the molecule is O=C(NCCN1CCOCC1)c1cc(=O)c2cc(Cl)ccc2[nH]1. The first-order valence-electron chi connectivity index (χ1n) is 7.54. The number of fused-ring (bicyclic) bond motifs is 1. The van der Waals surface area contributed by atoms with Gasteiger partial charge in [0.1, 0.15) is 5.69 Å². The van der Waals surface area contributed by atoms with Crippen LogP contribution in [0.1, 0.15) is 10.5 Å². The molecule has 2 heterocycles. The number of H-pyrrole nitrogens is 1. The van der Waals surface area contributed by atoms with Crippen LogP contribution >= 0.6 is 11.6 Å². The van der Waals surface area contributed by atoms with Gasteiger partial charge in [0.05, 0.1) is 13.2 Å². The molecule has 0 saturated carbocycles. The van der Waals surface area contributed by atoms with Crippen LogP contribution in [-0.4, -0.2) is 55.2 Å². The van der Waals surface area contributed by atoms with Crippen LogP contribution in [-0.2, 0) is 4.74 Å². The van der Waals surface area contributed by atoms with Crippen molar-refractivity contribution in [3.63, 3.8) is 0 Å². The summed E-state index contributed by atoms with van der Waals surface area (Å²) in [4.78, 5) is 29.5. The quantitative estimate of drug-likeness (QED) is 0.881. The summed E-state index contributed by atoms with van der Waals surface area (Å²) >= 11 is 5.89. The van der Waals surface area contributed by atoms with E-state index in [1.54, 1.807) is 18.2 Å². The molecule has 122 valence electrons. The lowest BCUT2D eigenvalue weighted by Gasteiger charge is -2.26. The maximum atomic E-state index is 12.2. The molecule has 1 aliphatic heterocycles. The Morgan fingerprint density at radius 3 is 2.87 bits per heavy atom. The highest BCUT2D eigenvalue weighted by Crippen LogP contribution is 2.15. The van der Waals surface area contributed by atoms with Gasteiger partial charge in [-0.05, 0) is 18.2 Å². The molecular weight excluding hydrogens is 318 g/mol. The average molecular weight is 336 g/mol. The van der Waals surface area contributed by atoms with Gasteiger partial charge in [-0.3, -0.25) is 14.5 Å². The predicted molar refractivity (Wildman–Crippen MR) is 89.2 cm³/mol. The molecule has 3 rings (SSSR count). The molecule has 7 heteroatoms. The van der Waals surface area contributed by atoms with Crippen molar-refractivity contribution in [2.45, 2.75) is 0 Å². The van der Waals surface area contributed by atoms with E-state index >= 15 is 0 Å². The standard InChI is InChI=1S/C16H18ClN3O3/c17-11-1-2-13-12(9-11)15(21)10-14(19-13)16(22)18-3-4-20-5-7-23-8-6-20/h1-2,9-10H,3-8H2,(H,18,22)(H,19,21). The van der Waals surface area contributed by atoms with Gasteiger partial charge in [-0.15, -0.1) is 0 Å². The van der Waals surface area contributed by atoms with E-state index in [0.717, 1.165) is 32.8 Å². The second-order valence-corrected chi connectivity index (χ2v) is 5.88. The smallest absolute Gasteiger partial charge is 0.267 e. The fourth-order valence-corrected chi connectivity index (χ4v) is 2.76. The number of carbonyl (C=O) groups excluding carboxylic acids is 1. The minimum Gasteiger partial charge on any atom is -0.379 e. The Balaban J connectivity index is 1.66. The van der Waals surface area contributed by atoms with Gasteiger partial charge < -0.3 is 15.0 Å². The summed E-state index contributed by atoms with van der Waals surface area (Å²) in [6.45, 7) is 4.51. The van der Waals surface area contributed by atoms with Gasteiger partial charge in [0, 0.05) is 48.2 Å². The van der Waals surface area contributed by atoms with Crippen LogP contribution in [0.3, 0.4) is 0 Å². The Kier molecular flexibility index (Phi) is 4.95. The first-order chi connectivity index (χ1) is 11.1. The highest BCUT2D eigenvalue weighted by atomic mass is 35.5. The molecule has 1 saturated heterocycles. The second-order valence-electron chi connectivity index (χ2n) is 5.45. The third-order valence-corrected chi connectivity index (χ3v) is 4.09. The number of hydrogen-bond donors (Lipinski definition) is 2. The third-order valence-electron chi connectivity index (χ3n) is 3.85. The number of morpholine rings is 1. The molecule has 1 fully saturated rings. The number of aromatic amines is 1. The summed E-state index contributed by atoms with van der Waals surface area (Å²) < 4.78 is 5.28. The normalized spacial score (nSPS) is 15.7. The van der Waals surface area contributed by atoms with E-state index in [9.17, 15) is 9.59 Å². The minimum absolute atomic E-state index is 0.223.